The second-order valence-corrected chi connectivity index (χ2v) is 4.37. The van der Waals surface area contributed by atoms with E-state index in [0.29, 0.717) is 24.5 Å². The number of hydrogen-bond acceptors (Lipinski definition) is 3. The summed E-state index contributed by atoms with van der Waals surface area (Å²) in [5.41, 5.74) is 0.510. The van der Waals surface area contributed by atoms with Gasteiger partial charge in [0.05, 0.1) is 17.7 Å². The lowest BCUT2D eigenvalue weighted by molar-refractivity contribution is 0.261. The zero-order chi connectivity index (χ0) is 12.0. The van der Waals surface area contributed by atoms with Crippen LogP contribution in [0.5, 0.6) is 5.75 Å². The Hall–Kier alpha value is -1.83. The third kappa shape index (κ3) is 1.52. The van der Waals surface area contributed by atoms with Gasteiger partial charge in [-0.05, 0) is 6.07 Å². The van der Waals surface area contributed by atoms with E-state index in [4.69, 9.17) is 10.00 Å². The molecule has 17 heavy (non-hydrogen) atoms. The molecular formula is C12H10F2N2O. The molecule has 3 rings (SSSR count). The van der Waals surface area contributed by atoms with Crippen molar-refractivity contribution in [2.24, 2.45) is 0 Å². The standard InChI is InChI=1S/C12H10F2N2O/c13-8-3-9-6-17-11-2-7(4-15)1-10(14)12(11)16(9)5-8/h1-2,8-9H,3,5-6H2/t8-,9-/m0/s1. The van der Waals surface area contributed by atoms with Crippen molar-refractivity contribution in [2.75, 3.05) is 18.1 Å². The summed E-state index contributed by atoms with van der Waals surface area (Å²) in [4.78, 5) is 1.71. The van der Waals surface area contributed by atoms with Crippen molar-refractivity contribution in [3.8, 4) is 11.8 Å². The Morgan fingerprint density at radius 3 is 3.06 bits per heavy atom. The number of ether oxygens (including phenoxy) is 1. The maximum atomic E-state index is 13.9. The van der Waals surface area contributed by atoms with Crippen LogP contribution >= 0.6 is 0 Å². The third-order valence-corrected chi connectivity index (χ3v) is 3.24. The summed E-state index contributed by atoms with van der Waals surface area (Å²) >= 11 is 0. The Bertz CT molecular complexity index is 512. The Morgan fingerprint density at radius 2 is 2.29 bits per heavy atom. The summed E-state index contributed by atoms with van der Waals surface area (Å²) in [6.45, 7) is 0.547. The van der Waals surface area contributed by atoms with Crippen LogP contribution in [0.15, 0.2) is 12.1 Å². The largest absolute Gasteiger partial charge is 0.489 e. The average molecular weight is 236 g/mol. The minimum atomic E-state index is -0.940. The van der Waals surface area contributed by atoms with Gasteiger partial charge in [0.2, 0.25) is 0 Å². The molecule has 0 saturated carbocycles. The predicted octanol–water partition coefficient (Wildman–Crippen LogP) is 2.01. The normalized spacial score (nSPS) is 25.8. The molecule has 0 aliphatic carbocycles. The number of fused-ring (bicyclic) bond motifs is 3. The first-order chi connectivity index (χ1) is 8.19. The van der Waals surface area contributed by atoms with Gasteiger partial charge in [-0.3, -0.25) is 0 Å². The molecular weight excluding hydrogens is 226 g/mol. The molecule has 1 aromatic rings. The molecule has 0 unspecified atom stereocenters. The Kier molecular flexibility index (Phi) is 2.18. The molecule has 0 spiro atoms. The minimum absolute atomic E-state index is 0.0973. The lowest BCUT2D eigenvalue weighted by Crippen LogP contribution is -2.38. The molecule has 2 aliphatic rings. The van der Waals surface area contributed by atoms with Crippen molar-refractivity contribution >= 4 is 5.69 Å². The number of anilines is 1. The predicted molar refractivity (Wildman–Crippen MR) is 57.3 cm³/mol. The molecule has 1 aromatic carbocycles. The zero-order valence-electron chi connectivity index (χ0n) is 8.99. The number of hydrogen-bond donors (Lipinski definition) is 0. The van der Waals surface area contributed by atoms with Gasteiger partial charge in [0.15, 0.2) is 5.82 Å². The molecule has 0 aromatic heterocycles. The fourth-order valence-electron chi connectivity index (χ4n) is 2.50. The molecule has 3 nitrogen and oxygen atoms in total. The number of halogens is 2. The van der Waals surface area contributed by atoms with Crippen LogP contribution in [0, 0.1) is 17.1 Å². The molecule has 2 heterocycles. The number of rotatable bonds is 0. The van der Waals surface area contributed by atoms with Gasteiger partial charge >= 0.3 is 0 Å². The highest BCUT2D eigenvalue weighted by molar-refractivity contribution is 5.65. The van der Waals surface area contributed by atoms with E-state index in [2.05, 4.69) is 0 Å². The summed E-state index contributed by atoms with van der Waals surface area (Å²) in [5.74, 6) is -0.176. The number of nitrogens with zero attached hydrogens (tertiary/aromatic N) is 2. The van der Waals surface area contributed by atoms with Gasteiger partial charge in [0.25, 0.3) is 0 Å². The highest BCUT2D eigenvalue weighted by Gasteiger charge is 2.38. The fourth-order valence-corrected chi connectivity index (χ4v) is 2.50. The number of nitriles is 1. The van der Waals surface area contributed by atoms with E-state index in [1.165, 1.54) is 6.07 Å². The maximum Gasteiger partial charge on any atom is 0.151 e. The first-order valence-corrected chi connectivity index (χ1v) is 5.46. The van der Waals surface area contributed by atoms with Gasteiger partial charge in [0, 0.05) is 19.0 Å². The van der Waals surface area contributed by atoms with Gasteiger partial charge in [-0.15, -0.1) is 0 Å². The van der Waals surface area contributed by atoms with Crippen molar-refractivity contribution in [3.63, 3.8) is 0 Å². The van der Waals surface area contributed by atoms with Gasteiger partial charge < -0.3 is 9.64 Å². The van der Waals surface area contributed by atoms with Crippen molar-refractivity contribution in [1.29, 1.82) is 5.26 Å². The molecule has 5 heteroatoms. The van der Waals surface area contributed by atoms with Crippen LogP contribution in [0.4, 0.5) is 14.5 Å². The minimum Gasteiger partial charge on any atom is -0.489 e. The molecule has 88 valence electrons. The third-order valence-electron chi connectivity index (χ3n) is 3.24. The quantitative estimate of drug-likeness (QED) is 0.691. The summed E-state index contributed by atoms with van der Waals surface area (Å²) in [5, 5.41) is 8.75. The van der Waals surface area contributed by atoms with Crippen molar-refractivity contribution in [1.82, 2.24) is 0 Å². The summed E-state index contributed by atoms with van der Waals surface area (Å²) in [6.07, 6.45) is -0.566. The van der Waals surface area contributed by atoms with Crippen molar-refractivity contribution in [3.05, 3.63) is 23.5 Å². The van der Waals surface area contributed by atoms with E-state index in [-0.39, 0.29) is 18.2 Å². The van der Waals surface area contributed by atoms with Crippen LogP contribution in [0.2, 0.25) is 0 Å². The Morgan fingerprint density at radius 1 is 1.47 bits per heavy atom. The van der Waals surface area contributed by atoms with Gasteiger partial charge in [-0.2, -0.15) is 5.26 Å². The van der Waals surface area contributed by atoms with Gasteiger partial charge in [-0.1, -0.05) is 0 Å². The molecule has 2 atom stereocenters. The van der Waals surface area contributed by atoms with Crippen LogP contribution in [0.1, 0.15) is 12.0 Å². The molecule has 0 radical (unpaired) electrons. The van der Waals surface area contributed by atoms with E-state index in [1.54, 1.807) is 4.90 Å². The molecule has 0 bridgehead atoms. The van der Waals surface area contributed by atoms with Crippen LogP contribution in [0.25, 0.3) is 0 Å². The van der Waals surface area contributed by atoms with Gasteiger partial charge in [0.1, 0.15) is 24.2 Å². The summed E-state index contributed by atoms with van der Waals surface area (Å²) in [7, 11) is 0. The summed E-state index contributed by atoms with van der Waals surface area (Å²) < 4.78 is 32.6. The smallest absolute Gasteiger partial charge is 0.151 e. The van der Waals surface area contributed by atoms with E-state index in [9.17, 15) is 8.78 Å². The van der Waals surface area contributed by atoms with Gasteiger partial charge in [-0.25, -0.2) is 8.78 Å². The SMILES string of the molecule is N#Cc1cc(F)c2c(c1)OC[C@@H]1C[C@H](F)CN21. The van der Waals surface area contributed by atoms with Crippen LogP contribution < -0.4 is 9.64 Å². The van der Waals surface area contributed by atoms with E-state index in [0.717, 1.165) is 6.07 Å². The van der Waals surface area contributed by atoms with Crippen LogP contribution in [0.3, 0.4) is 0 Å². The molecule has 0 N–H and O–H groups in total. The first-order valence-electron chi connectivity index (χ1n) is 5.46. The second kappa shape index (κ2) is 3.59. The summed E-state index contributed by atoms with van der Waals surface area (Å²) in [6, 6.07) is 4.44. The monoisotopic (exact) mass is 236 g/mol. The zero-order valence-corrected chi connectivity index (χ0v) is 8.99. The molecule has 1 fully saturated rings. The maximum absolute atomic E-state index is 13.9. The lowest BCUT2D eigenvalue weighted by atomic mass is 10.1. The Labute approximate surface area is 97.2 Å². The van der Waals surface area contributed by atoms with Crippen LogP contribution in [-0.2, 0) is 0 Å². The van der Waals surface area contributed by atoms with E-state index < -0.39 is 12.0 Å². The number of alkyl halides is 1. The first kappa shape index (κ1) is 10.3. The van der Waals surface area contributed by atoms with E-state index >= 15 is 0 Å². The van der Waals surface area contributed by atoms with E-state index in [1.807, 2.05) is 6.07 Å². The van der Waals surface area contributed by atoms with Crippen LogP contribution in [-0.4, -0.2) is 25.4 Å². The molecule has 0 amide bonds. The number of benzene rings is 1. The lowest BCUT2D eigenvalue weighted by Gasteiger charge is -2.33. The van der Waals surface area contributed by atoms with Crippen molar-refractivity contribution in [2.45, 2.75) is 18.6 Å². The molecule has 1 saturated heterocycles. The molecule has 2 aliphatic heterocycles. The fraction of sp³-hybridized carbons (Fsp3) is 0.417. The second-order valence-electron chi connectivity index (χ2n) is 4.37. The highest BCUT2D eigenvalue weighted by Crippen LogP contribution is 2.41. The Balaban J connectivity index is 2.09. The van der Waals surface area contributed by atoms with Crippen molar-refractivity contribution < 1.29 is 13.5 Å². The average Bonchev–Trinajstić information content (AvgIpc) is 2.68. The highest BCUT2D eigenvalue weighted by atomic mass is 19.1. The topological polar surface area (TPSA) is 36.3 Å².